The van der Waals surface area contributed by atoms with Crippen molar-refractivity contribution < 1.29 is 22.7 Å². The minimum Gasteiger partial charge on any atom is -0.490 e. The van der Waals surface area contributed by atoms with Crippen molar-refractivity contribution in [2.24, 2.45) is 0 Å². The zero-order valence-corrected chi connectivity index (χ0v) is 11.7. The quantitative estimate of drug-likeness (QED) is 0.613. The summed E-state index contributed by atoms with van der Waals surface area (Å²) in [4.78, 5) is 11.3. The van der Waals surface area contributed by atoms with Crippen molar-refractivity contribution in [3.8, 4) is 5.75 Å². The molecule has 0 bridgehead atoms. The fourth-order valence-corrected chi connectivity index (χ4v) is 2.91. The van der Waals surface area contributed by atoms with E-state index in [1.54, 1.807) is 19.1 Å². The molecule has 2 rings (SSSR count). The Labute approximate surface area is 117 Å². The number of sulfone groups is 1. The van der Waals surface area contributed by atoms with E-state index in [1.165, 1.54) is 29.7 Å². The average molecular weight is 294 g/mol. The maximum absolute atomic E-state index is 11.6. The first-order chi connectivity index (χ1) is 9.53. The lowest BCUT2D eigenvalue weighted by atomic mass is 10.2. The lowest BCUT2D eigenvalue weighted by Crippen LogP contribution is -2.01. The number of carbonyl (C=O) groups is 1. The van der Waals surface area contributed by atoms with Crippen molar-refractivity contribution in [3.05, 3.63) is 41.3 Å². The van der Waals surface area contributed by atoms with E-state index in [4.69, 9.17) is 9.47 Å². The van der Waals surface area contributed by atoms with Crippen LogP contribution in [0.15, 0.2) is 40.7 Å². The summed E-state index contributed by atoms with van der Waals surface area (Å²) in [5, 5.41) is 1.17. The molecule has 0 unspecified atom stereocenters. The van der Waals surface area contributed by atoms with Crippen molar-refractivity contribution in [2.45, 2.75) is 11.8 Å². The van der Waals surface area contributed by atoms with Gasteiger partial charge in [-0.05, 0) is 42.8 Å². The van der Waals surface area contributed by atoms with E-state index in [1.807, 2.05) is 0 Å². The molecule has 1 heterocycles. The molecule has 20 heavy (non-hydrogen) atoms. The Kier molecular flexibility index (Phi) is 4.24. The van der Waals surface area contributed by atoms with Gasteiger partial charge in [0.15, 0.2) is 9.84 Å². The smallest absolute Gasteiger partial charge is 0.330 e. The molecule has 0 amide bonds. The van der Waals surface area contributed by atoms with Crippen LogP contribution in [0.2, 0.25) is 0 Å². The van der Waals surface area contributed by atoms with Crippen LogP contribution in [0.4, 0.5) is 0 Å². The predicted molar refractivity (Wildman–Crippen MR) is 73.9 cm³/mol. The zero-order valence-electron chi connectivity index (χ0n) is 10.9. The van der Waals surface area contributed by atoms with E-state index in [0.717, 1.165) is 0 Å². The van der Waals surface area contributed by atoms with E-state index in [9.17, 15) is 13.2 Å². The second-order valence-electron chi connectivity index (χ2n) is 4.01. The van der Waals surface area contributed by atoms with Crippen molar-refractivity contribution >= 4 is 21.9 Å². The van der Waals surface area contributed by atoms with Gasteiger partial charge in [-0.3, -0.25) is 0 Å². The summed E-state index contributed by atoms with van der Waals surface area (Å²) >= 11 is 0. The Hall–Kier alpha value is -2.08. The molecule has 0 aromatic heterocycles. The number of fused-ring (bicyclic) bond motifs is 1. The first-order valence-corrected chi connectivity index (χ1v) is 7.61. The highest BCUT2D eigenvalue weighted by atomic mass is 32.2. The highest BCUT2D eigenvalue weighted by Crippen LogP contribution is 2.29. The molecule has 1 aliphatic heterocycles. The van der Waals surface area contributed by atoms with Crippen LogP contribution in [-0.2, 0) is 19.4 Å². The molecular weight excluding hydrogens is 280 g/mol. The predicted octanol–water partition coefficient (Wildman–Crippen LogP) is 1.94. The van der Waals surface area contributed by atoms with E-state index in [0.29, 0.717) is 17.9 Å². The van der Waals surface area contributed by atoms with Gasteiger partial charge in [0.25, 0.3) is 0 Å². The maximum atomic E-state index is 11.6. The van der Waals surface area contributed by atoms with E-state index in [-0.39, 0.29) is 11.5 Å². The van der Waals surface area contributed by atoms with E-state index < -0.39 is 15.8 Å². The number of carbonyl (C=O) groups excluding carboxylic acids is 1. The summed E-state index contributed by atoms with van der Waals surface area (Å²) in [5.74, 6) is 0.123. The molecule has 6 heteroatoms. The fourth-order valence-electron chi connectivity index (χ4n) is 1.72. The summed E-state index contributed by atoms with van der Waals surface area (Å²) in [7, 11) is -3.28. The molecule has 1 aromatic carbocycles. The minimum atomic E-state index is -3.28. The Morgan fingerprint density at radius 1 is 1.35 bits per heavy atom. The Morgan fingerprint density at radius 3 is 2.90 bits per heavy atom. The molecule has 0 aliphatic carbocycles. The van der Waals surface area contributed by atoms with Crippen LogP contribution >= 0.6 is 0 Å². The molecule has 106 valence electrons. The third kappa shape index (κ3) is 3.27. The van der Waals surface area contributed by atoms with Crippen molar-refractivity contribution in [1.29, 1.82) is 0 Å². The molecule has 0 radical (unpaired) electrons. The summed E-state index contributed by atoms with van der Waals surface area (Å²) < 4.78 is 33.3. The number of esters is 1. The lowest BCUT2D eigenvalue weighted by molar-refractivity contribution is -0.137. The van der Waals surface area contributed by atoms with Crippen LogP contribution in [0.25, 0.3) is 6.08 Å². The second kappa shape index (κ2) is 5.92. The van der Waals surface area contributed by atoms with Crippen LogP contribution in [-0.4, -0.2) is 27.6 Å². The third-order valence-electron chi connectivity index (χ3n) is 2.60. The number of hydrogen-bond donors (Lipinski definition) is 0. The summed E-state index contributed by atoms with van der Waals surface area (Å²) in [6.45, 7) is 2.26. The van der Waals surface area contributed by atoms with Gasteiger partial charge in [-0.2, -0.15) is 0 Å². The van der Waals surface area contributed by atoms with Gasteiger partial charge >= 0.3 is 5.97 Å². The SMILES string of the molecule is CCOC(=O)/C=C/COc1ccc2c(c1)C=CS2(=O)=O. The number of benzene rings is 1. The highest BCUT2D eigenvalue weighted by molar-refractivity contribution is 7.94. The fraction of sp³-hybridized carbons (Fsp3) is 0.214. The third-order valence-corrected chi connectivity index (χ3v) is 4.08. The largest absolute Gasteiger partial charge is 0.490 e. The molecule has 1 aliphatic rings. The molecule has 0 saturated carbocycles. The molecule has 1 aromatic rings. The number of hydrogen-bond acceptors (Lipinski definition) is 5. The topological polar surface area (TPSA) is 69.7 Å². The average Bonchev–Trinajstić information content (AvgIpc) is 2.71. The van der Waals surface area contributed by atoms with Crippen LogP contribution < -0.4 is 4.74 Å². The van der Waals surface area contributed by atoms with Crippen LogP contribution in [0.3, 0.4) is 0 Å². The number of ether oxygens (including phenoxy) is 2. The Bertz CT molecular complexity index is 671. The molecular formula is C14H14O5S. The van der Waals surface area contributed by atoms with Crippen LogP contribution in [0, 0.1) is 0 Å². The molecule has 5 nitrogen and oxygen atoms in total. The van der Waals surface area contributed by atoms with E-state index >= 15 is 0 Å². The zero-order chi connectivity index (χ0) is 14.6. The second-order valence-corrected chi connectivity index (χ2v) is 5.81. The standard InChI is InChI=1S/C14H14O5S/c1-2-18-14(15)4-3-8-19-12-5-6-13-11(10-12)7-9-20(13,16)17/h3-7,9-10H,2,8H2,1H3/b4-3+. The van der Waals surface area contributed by atoms with Gasteiger partial charge in [0.2, 0.25) is 0 Å². The normalized spacial score (nSPS) is 15.2. The first kappa shape index (κ1) is 14.3. The van der Waals surface area contributed by atoms with Gasteiger partial charge in [0.05, 0.1) is 11.5 Å². The Morgan fingerprint density at radius 2 is 2.15 bits per heavy atom. The highest BCUT2D eigenvalue weighted by Gasteiger charge is 2.20. The minimum absolute atomic E-state index is 0.202. The maximum Gasteiger partial charge on any atom is 0.330 e. The van der Waals surface area contributed by atoms with Crippen LogP contribution in [0.5, 0.6) is 5.75 Å². The van der Waals surface area contributed by atoms with E-state index in [2.05, 4.69) is 0 Å². The molecule has 0 spiro atoms. The van der Waals surface area contributed by atoms with Gasteiger partial charge < -0.3 is 9.47 Å². The van der Waals surface area contributed by atoms with Crippen molar-refractivity contribution in [2.75, 3.05) is 13.2 Å². The van der Waals surface area contributed by atoms with Gasteiger partial charge in [-0.15, -0.1) is 0 Å². The Balaban J connectivity index is 1.96. The first-order valence-electron chi connectivity index (χ1n) is 6.06. The summed E-state index contributed by atoms with van der Waals surface area (Å²) in [5.41, 5.74) is 0.608. The van der Waals surface area contributed by atoms with Gasteiger partial charge in [0.1, 0.15) is 12.4 Å². The summed E-state index contributed by atoms with van der Waals surface area (Å²) in [6.07, 6.45) is 4.37. The van der Waals surface area contributed by atoms with Gasteiger partial charge in [0, 0.05) is 11.5 Å². The molecule has 0 saturated heterocycles. The van der Waals surface area contributed by atoms with Gasteiger partial charge in [-0.25, -0.2) is 13.2 Å². The van der Waals surface area contributed by atoms with Crippen LogP contribution in [0.1, 0.15) is 12.5 Å². The lowest BCUT2D eigenvalue weighted by Gasteiger charge is -2.05. The van der Waals surface area contributed by atoms with Gasteiger partial charge in [-0.1, -0.05) is 0 Å². The summed E-state index contributed by atoms with van der Waals surface area (Å²) in [6, 6.07) is 4.74. The van der Waals surface area contributed by atoms with Crippen molar-refractivity contribution in [3.63, 3.8) is 0 Å². The molecule has 0 atom stereocenters. The van der Waals surface area contributed by atoms with Crippen molar-refractivity contribution in [1.82, 2.24) is 0 Å². The molecule has 0 N–H and O–H groups in total. The monoisotopic (exact) mass is 294 g/mol. The molecule has 0 fully saturated rings. The number of rotatable bonds is 5.